The molecule has 0 aliphatic carbocycles. The van der Waals surface area contributed by atoms with E-state index in [1.807, 2.05) is 0 Å². The lowest BCUT2D eigenvalue weighted by atomic mass is 10.1. The van der Waals surface area contributed by atoms with Crippen LogP contribution in [0.25, 0.3) is 0 Å². The standard InChI is InChI=1S/C15H23FN4O/c1-18(2)5-6-19-7-9-20(10-8-19)15(21)12-3-4-13(16)14(17)11-12/h3-4,11H,5-10,17H2,1-2H3. The molecule has 0 saturated carbocycles. The van der Waals surface area contributed by atoms with Crippen molar-refractivity contribution in [1.29, 1.82) is 0 Å². The van der Waals surface area contributed by atoms with Crippen molar-refractivity contribution in [3.05, 3.63) is 29.6 Å². The van der Waals surface area contributed by atoms with Gasteiger partial charge in [0.05, 0.1) is 5.69 Å². The number of nitrogens with two attached hydrogens (primary N) is 1. The Bertz CT molecular complexity index is 498. The normalized spacial score (nSPS) is 16.5. The first kappa shape index (κ1) is 15.7. The fourth-order valence-electron chi connectivity index (χ4n) is 2.38. The van der Waals surface area contributed by atoms with Gasteiger partial charge < -0.3 is 15.5 Å². The number of anilines is 1. The molecule has 1 fully saturated rings. The third-order valence-corrected chi connectivity index (χ3v) is 3.77. The second kappa shape index (κ2) is 6.87. The van der Waals surface area contributed by atoms with E-state index in [0.29, 0.717) is 18.7 Å². The molecule has 1 saturated heterocycles. The van der Waals surface area contributed by atoms with Gasteiger partial charge in [0.15, 0.2) is 0 Å². The molecule has 0 unspecified atom stereocenters. The Morgan fingerprint density at radius 1 is 1.29 bits per heavy atom. The number of nitrogens with zero attached hydrogens (tertiary/aromatic N) is 3. The highest BCUT2D eigenvalue weighted by atomic mass is 19.1. The smallest absolute Gasteiger partial charge is 0.254 e. The maximum absolute atomic E-state index is 13.1. The van der Waals surface area contributed by atoms with Crippen molar-refractivity contribution in [2.45, 2.75) is 0 Å². The predicted molar refractivity (Wildman–Crippen MR) is 81.7 cm³/mol. The van der Waals surface area contributed by atoms with Gasteiger partial charge in [0, 0.05) is 44.8 Å². The molecule has 6 heteroatoms. The van der Waals surface area contributed by atoms with Crippen LogP contribution in [0.15, 0.2) is 18.2 Å². The van der Waals surface area contributed by atoms with Crippen LogP contribution in [0.4, 0.5) is 10.1 Å². The topological polar surface area (TPSA) is 52.8 Å². The Morgan fingerprint density at radius 3 is 2.52 bits per heavy atom. The first-order valence-electron chi connectivity index (χ1n) is 7.19. The van der Waals surface area contributed by atoms with Gasteiger partial charge in [-0.1, -0.05) is 0 Å². The van der Waals surface area contributed by atoms with Gasteiger partial charge in [-0.2, -0.15) is 0 Å². The molecule has 0 radical (unpaired) electrons. The number of likely N-dealkylation sites (N-methyl/N-ethyl adjacent to an activating group) is 1. The average molecular weight is 294 g/mol. The van der Waals surface area contributed by atoms with Crippen LogP contribution in [0.3, 0.4) is 0 Å². The van der Waals surface area contributed by atoms with Crippen molar-refractivity contribution in [2.24, 2.45) is 0 Å². The third-order valence-electron chi connectivity index (χ3n) is 3.77. The first-order chi connectivity index (χ1) is 9.97. The quantitative estimate of drug-likeness (QED) is 0.832. The Labute approximate surface area is 125 Å². The minimum atomic E-state index is -0.486. The van der Waals surface area contributed by atoms with Crippen molar-refractivity contribution < 1.29 is 9.18 Å². The summed E-state index contributed by atoms with van der Waals surface area (Å²) in [4.78, 5) is 18.7. The summed E-state index contributed by atoms with van der Waals surface area (Å²) in [5.74, 6) is -0.561. The van der Waals surface area contributed by atoms with Crippen molar-refractivity contribution in [1.82, 2.24) is 14.7 Å². The van der Waals surface area contributed by atoms with E-state index in [1.165, 1.54) is 18.2 Å². The van der Waals surface area contributed by atoms with Crippen LogP contribution < -0.4 is 5.73 Å². The van der Waals surface area contributed by atoms with E-state index < -0.39 is 5.82 Å². The largest absolute Gasteiger partial charge is 0.396 e. The van der Waals surface area contributed by atoms with E-state index in [1.54, 1.807) is 4.90 Å². The molecule has 5 nitrogen and oxygen atoms in total. The van der Waals surface area contributed by atoms with Crippen molar-refractivity contribution in [3.63, 3.8) is 0 Å². The van der Waals surface area contributed by atoms with Gasteiger partial charge in [-0.3, -0.25) is 9.69 Å². The van der Waals surface area contributed by atoms with Crippen molar-refractivity contribution in [2.75, 3.05) is 59.1 Å². The van der Waals surface area contributed by atoms with Crippen LogP contribution >= 0.6 is 0 Å². The number of nitrogen functional groups attached to an aromatic ring is 1. The van der Waals surface area contributed by atoms with Crippen molar-refractivity contribution >= 4 is 11.6 Å². The van der Waals surface area contributed by atoms with Gasteiger partial charge >= 0.3 is 0 Å². The number of carbonyl (C=O) groups is 1. The monoisotopic (exact) mass is 294 g/mol. The van der Waals surface area contributed by atoms with Gasteiger partial charge in [0.2, 0.25) is 0 Å². The Balaban J connectivity index is 1.89. The minimum absolute atomic E-state index is 0.0190. The highest BCUT2D eigenvalue weighted by molar-refractivity contribution is 5.95. The summed E-state index contributed by atoms with van der Waals surface area (Å²) in [5, 5.41) is 0. The van der Waals surface area contributed by atoms with Crippen molar-refractivity contribution in [3.8, 4) is 0 Å². The second-order valence-electron chi connectivity index (χ2n) is 5.67. The van der Waals surface area contributed by atoms with Gasteiger partial charge in [-0.25, -0.2) is 4.39 Å². The van der Waals surface area contributed by atoms with Crippen LogP contribution in [0, 0.1) is 5.82 Å². The van der Waals surface area contributed by atoms with Crippen LogP contribution in [0.1, 0.15) is 10.4 Å². The number of amides is 1. The fraction of sp³-hybridized carbons (Fsp3) is 0.533. The van der Waals surface area contributed by atoms with Crippen LogP contribution in [-0.2, 0) is 0 Å². The molecule has 1 aliphatic heterocycles. The molecule has 0 spiro atoms. The molecule has 0 bridgehead atoms. The molecule has 0 aromatic heterocycles. The fourth-order valence-corrected chi connectivity index (χ4v) is 2.38. The SMILES string of the molecule is CN(C)CCN1CCN(C(=O)c2ccc(F)c(N)c2)CC1. The number of hydrogen-bond acceptors (Lipinski definition) is 4. The van der Waals surface area contributed by atoms with Gasteiger partial charge in [0.1, 0.15) is 5.82 Å². The molecular weight excluding hydrogens is 271 g/mol. The molecule has 21 heavy (non-hydrogen) atoms. The van der Waals surface area contributed by atoms with Crippen LogP contribution in [-0.4, -0.2) is 74.0 Å². The molecule has 1 aromatic rings. The average Bonchev–Trinajstić information content (AvgIpc) is 2.48. The molecule has 2 N–H and O–H groups in total. The number of hydrogen-bond donors (Lipinski definition) is 1. The molecule has 1 heterocycles. The maximum atomic E-state index is 13.1. The number of rotatable bonds is 4. The lowest BCUT2D eigenvalue weighted by Crippen LogP contribution is -2.50. The van der Waals surface area contributed by atoms with Crippen LogP contribution in [0.2, 0.25) is 0 Å². The third kappa shape index (κ3) is 4.15. The van der Waals surface area contributed by atoms with Gasteiger partial charge in [0.25, 0.3) is 5.91 Å². The number of piperazine rings is 1. The highest BCUT2D eigenvalue weighted by Gasteiger charge is 2.22. The summed E-state index contributed by atoms with van der Waals surface area (Å²) < 4.78 is 13.1. The number of halogens is 1. The molecule has 0 atom stereocenters. The zero-order chi connectivity index (χ0) is 15.4. The number of carbonyl (C=O) groups excluding carboxylic acids is 1. The van der Waals surface area contributed by atoms with E-state index in [-0.39, 0.29) is 11.6 Å². The predicted octanol–water partition coefficient (Wildman–Crippen LogP) is 0.727. The van der Waals surface area contributed by atoms with Gasteiger partial charge in [-0.05, 0) is 32.3 Å². The molecule has 1 aromatic carbocycles. The lowest BCUT2D eigenvalue weighted by molar-refractivity contribution is 0.0630. The highest BCUT2D eigenvalue weighted by Crippen LogP contribution is 2.15. The zero-order valence-electron chi connectivity index (χ0n) is 12.7. The van der Waals surface area contributed by atoms with E-state index in [9.17, 15) is 9.18 Å². The lowest BCUT2D eigenvalue weighted by Gasteiger charge is -2.35. The maximum Gasteiger partial charge on any atom is 0.254 e. The summed E-state index contributed by atoms with van der Waals surface area (Å²) in [6, 6.07) is 4.15. The van der Waals surface area contributed by atoms with E-state index in [4.69, 9.17) is 5.73 Å². The van der Waals surface area contributed by atoms with Gasteiger partial charge in [-0.15, -0.1) is 0 Å². The van der Waals surface area contributed by atoms with E-state index in [0.717, 1.165) is 26.2 Å². The number of benzene rings is 1. The van der Waals surface area contributed by atoms with E-state index >= 15 is 0 Å². The Kier molecular flexibility index (Phi) is 5.14. The molecule has 1 amide bonds. The summed E-state index contributed by atoms with van der Waals surface area (Å²) in [6.07, 6.45) is 0. The summed E-state index contributed by atoms with van der Waals surface area (Å²) >= 11 is 0. The Hall–Kier alpha value is -1.66. The second-order valence-corrected chi connectivity index (χ2v) is 5.67. The summed E-state index contributed by atoms with van der Waals surface area (Å²) in [6.45, 7) is 5.17. The Morgan fingerprint density at radius 2 is 1.95 bits per heavy atom. The first-order valence-corrected chi connectivity index (χ1v) is 7.19. The summed E-state index contributed by atoms with van der Waals surface area (Å²) in [7, 11) is 4.11. The summed E-state index contributed by atoms with van der Waals surface area (Å²) in [5.41, 5.74) is 5.99. The zero-order valence-corrected chi connectivity index (χ0v) is 12.7. The molecule has 2 rings (SSSR count). The minimum Gasteiger partial charge on any atom is -0.396 e. The van der Waals surface area contributed by atoms with Crippen LogP contribution in [0.5, 0.6) is 0 Å². The molecular formula is C15H23FN4O. The molecule has 116 valence electrons. The molecule has 1 aliphatic rings. The van der Waals surface area contributed by atoms with E-state index in [2.05, 4.69) is 23.9 Å².